The van der Waals surface area contributed by atoms with Gasteiger partial charge in [-0.15, -0.1) is 0 Å². The van der Waals surface area contributed by atoms with Crippen LogP contribution in [0.4, 0.5) is 5.82 Å². The van der Waals surface area contributed by atoms with E-state index in [4.69, 9.17) is 18.0 Å². The number of carbonyl (C=O) groups excluding carboxylic acids is 2. The third kappa shape index (κ3) is 2.14. The number of hydrogen-bond donors (Lipinski definition) is 2. The number of anilines is 1. The maximum absolute atomic E-state index is 11.7. The standard InChI is InChI=1S/C10H11N5O2S/c1-15-6(16)4-5(10(15)17)14-9-7(8(11)18)12-2-3-13-9/h2-3,5H,4H2,1H3,(H2,11,18)(H,13,14). The fraction of sp³-hybridized carbons (Fsp3) is 0.300. The average molecular weight is 265 g/mol. The maximum atomic E-state index is 11.7. The van der Waals surface area contributed by atoms with Crippen LogP contribution in [0, 0.1) is 0 Å². The number of hydrogen-bond acceptors (Lipinski definition) is 6. The Morgan fingerprint density at radius 3 is 2.72 bits per heavy atom. The molecule has 1 unspecified atom stereocenters. The van der Waals surface area contributed by atoms with Gasteiger partial charge in [-0.25, -0.2) is 9.97 Å². The lowest BCUT2D eigenvalue weighted by atomic mass is 10.2. The van der Waals surface area contributed by atoms with Gasteiger partial charge in [-0.05, 0) is 0 Å². The summed E-state index contributed by atoms with van der Waals surface area (Å²) in [4.78, 5) is 32.3. The lowest BCUT2D eigenvalue weighted by Gasteiger charge is -2.13. The van der Waals surface area contributed by atoms with Crippen molar-refractivity contribution in [2.45, 2.75) is 12.5 Å². The minimum atomic E-state index is -0.646. The number of aromatic nitrogens is 2. The lowest BCUT2D eigenvalue weighted by molar-refractivity contribution is -0.136. The molecule has 1 aliphatic heterocycles. The Bertz CT molecular complexity index is 533. The molecule has 0 aliphatic carbocycles. The van der Waals surface area contributed by atoms with Crippen molar-refractivity contribution < 1.29 is 9.59 Å². The van der Waals surface area contributed by atoms with Gasteiger partial charge >= 0.3 is 0 Å². The van der Waals surface area contributed by atoms with E-state index in [1.807, 2.05) is 0 Å². The molecule has 8 heteroatoms. The van der Waals surface area contributed by atoms with Crippen LogP contribution < -0.4 is 11.1 Å². The van der Waals surface area contributed by atoms with Crippen molar-refractivity contribution in [3.8, 4) is 0 Å². The van der Waals surface area contributed by atoms with Crippen LogP contribution in [0.5, 0.6) is 0 Å². The number of likely N-dealkylation sites (N-methyl/N-ethyl adjacent to an activating group) is 1. The first-order valence-corrected chi connectivity index (χ1v) is 5.59. The molecule has 0 radical (unpaired) electrons. The van der Waals surface area contributed by atoms with Crippen molar-refractivity contribution in [3.63, 3.8) is 0 Å². The number of amides is 2. The SMILES string of the molecule is CN1C(=O)CC(Nc2nccnc2C(N)=S)C1=O. The number of nitrogens with zero attached hydrogens (tertiary/aromatic N) is 3. The summed E-state index contributed by atoms with van der Waals surface area (Å²) in [6, 6.07) is -0.646. The number of thiocarbonyl (C=S) groups is 1. The van der Waals surface area contributed by atoms with Crippen LogP contribution in [0.2, 0.25) is 0 Å². The van der Waals surface area contributed by atoms with Gasteiger partial charge in [0.2, 0.25) is 5.91 Å². The highest BCUT2D eigenvalue weighted by Gasteiger charge is 2.36. The molecule has 2 rings (SSSR count). The third-order valence-corrected chi connectivity index (χ3v) is 2.82. The Morgan fingerprint density at radius 2 is 2.17 bits per heavy atom. The molecule has 1 atom stereocenters. The summed E-state index contributed by atoms with van der Waals surface area (Å²) in [6.45, 7) is 0. The summed E-state index contributed by atoms with van der Waals surface area (Å²) in [6.07, 6.45) is 2.99. The number of rotatable bonds is 3. The average Bonchev–Trinajstić information content (AvgIpc) is 2.57. The van der Waals surface area contributed by atoms with E-state index in [2.05, 4.69) is 15.3 Å². The van der Waals surface area contributed by atoms with E-state index in [0.29, 0.717) is 11.5 Å². The summed E-state index contributed by atoms with van der Waals surface area (Å²) in [5.74, 6) is -0.232. The van der Waals surface area contributed by atoms with Crippen molar-refractivity contribution in [1.29, 1.82) is 0 Å². The van der Waals surface area contributed by atoms with E-state index in [9.17, 15) is 9.59 Å². The second kappa shape index (κ2) is 4.65. The van der Waals surface area contributed by atoms with Crippen molar-refractivity contribution in [2.24, 2.45) is 5.73 Å². The number of nitrogens with one attached hydrogen (secondary N) is 1. The van der Waals surface area contributed by atoms with E-state index in [-0.39, 0.29) is 23.2 Å². The van der Waals surface area contributed by atoms with Crippen molar-refractivity contribution in [2.75, 3.05) is 12.4 Å². The molecule has 2 amide bonds. The van der Waals surface area contributed by atoms with Crippen LogP contribution in [0.1, 0.15) is 12.1 Å². The van der Waals surface area contributed by atoms with Crippen LogP contribution >= 0.6 is 12.2 Å². The minimum Gasteiger partial charge on any atom is -0.388 e. The number of imide groups is 1. The zero-order valence-corrected chi connectivity index (χ0v) is 10.4. The van der Waals surface area contributed by atoms with Crippen LogP contribution in [-0.4, -0.2) is 44.8 Å². The van der Waals surface area contributed by atoms with Crippen molar-refractivity contribution in [1.82, 2.24) is 14.9 Å². The second-order valence-electron chi connectivity index (χ2n) is 3.81. The van der Waals surface area contributed by atoms with Gasteiger partial charge in [0.05, 0.1) is 6.42 Å². The van der Waals surface area contributed by atoms with Crippen LogP contribution in [0.15, 0.2) is 12.4 Å². The zero-order valence-electron chi connectivity index (χ0n) is 9.58. The maximum Gasteiger partial charge on any atom is 0.251 e. The summed E-state index contributed by atoms with van der Waals surface area (Å²) < 4.78 is 0. The molecular formula is C10H11N5O2S. The van der Waals surface area contributed by atoms with E-state index in [1.165, 1.54) is 19.4 Å². The lowest BCUT2D eigenvalue weighted by Crippen LogP contribution is -2.32. The highest BCUT2D eigenvalue weighted by atomic mass is 32.1. The molecule has 1 aliphatic rings. The quantitative estimate of drug-likeness (QED) is 0.549. The molecule has 7 nitrogen and oxygen atoms in total. The van der Waals surface area contributed by atoms with Crippen molar-refractivity contribution in [3.05, 3.63) is 18.1 Å². The molecule has 18 heavy (non-hydrogen) atoms. The largest absolute Gasteiger partial charge is 0.388 e. The Morgan fingerprint density at radius 1 is 1.50 bits per heavy atom. The predicted octanol–water partition coefficient (Wildman–Crippen LogP) is -0.720. The van der Waals surface area contributed by atoms with Crippen LogP contribution in [0.25, 0.3) is 0 Å². The molecule has 1 fully saturated rings. The van der Waals surface area contributed by atoms with Gasteiger partial charge in [0.25, 0.3) is 5.91 Å². The zero-order chi connectivity index (χ0) is 13.3. The first-order valence-electron chi connectivity index (χ1n) is 5.18. The molecule has 1 aromatic heterocycles. The number of nitrogens with two attached hydrogens (primary N) is 1. The molecule has 0 aromatic carbocycles. The fourth-order valence-electron chi connectivity index (χ4n) is 1.66. The topological polar surface area (TPSA) is 101 Å². The molecule has 2 heterocycles. The smallest absolute Gasteiger partial charge is 0.251 e. The minimum absolute atomic E-state index is 0.0794. The molecule has 0 bridgehead atoms. The summed E-state index contributed by atoms with van der Waals surface area (Å²) in [5.41, 5.74) is 5.81. The van der Waals surface area contributed by atoms with E-state index < -0.39 is 6.04 Å². The highest BCUT2D eigenvalue weighted by Crippen LogP contribution is 2.17. The normalized spacial score (nSPS) is 19.2. The summed E-state index contributed by atoms with van der Waals surface area (Å²) in [5, 5.41) is 2.85. The molecule has 1 saturated heterocycles. The molecule has 0 spiro atoms. The van der Waals surface area contributed by atoms with Crippen molar-refractivity contribution >= 4 is 34.8 Å². The predicted molar refractivity (Wildman–Crippen MR) is 67.7 cm³/mol. The molecular weight excluding hydrogens is 254 g/mol. The van der Waals surface area contributed by atoms with E-state index >= 15 is 0 Å². The number of carbonyl (C=O) groups is 2. The molecule has 94 valence electrons. The Kier molecular flexibility index (Phi) is 3.19. The third-order valence-electron chi connectivity index (χ3n) is 2.62. The second-order valence-corrected chi connectivity index (χ2v) is 4.25. The van der Waals surface area contributed by atoms with Gasteiger partial charge in [0.1, 0.15) is 16.7 Å². The monoisotopic (exact) mass is 265 g/mol. The Labute approximate surface area is 108 Å². The van der Waals surface area contributed by atoms with Gasteiger partial charge in [0.15, 0.2) is 5.82 Å². The highest BCUT2D eigenvalue weighted by molar-refractivity contribution is 7.80. The van der Waals surface area contributed by atoms with E-state index in [1.54, 1.807) is 0 Å². The van der Waals surface area contributed by atoms with Crippen LogP contribution in [0.3, 0.4) is 0 Å². The fourth-order valence-corrected chi connectivity index (χ4v) is 1.81. The van der Waals surface area contributed by atoms with Crippen LogP contribution in [-0.2, 0) is 9.59 Å². The van der Waals surface area contributed by atoms with E-state index in [0.717, 1.165) is 4.90 Å². The van der Waals surface area contributed by atoms with Gasteiger partial charge in [-0.2, -0.15) is 0 Å². The summed E-state index contributed by atoms with van der Waals surface area (Å²) in [7, 11) is 1.44. The summed E-state index contributed by atoms with van der Waals surface area (Å²) >= 11 is 4.84. The Balaban J connectivity index is 2.23. The molecule has 0 saturated carbocycles. The van der Waals surface area contributed by atoms with Gasteiger partial charge < -0.3 is 11.1 Å². The first-order chi connectivity index (χ1) is 8.50. The van der Waals surface area contributed by atoms with Gasteiger partial charge in [-0.3, -0.25) is 14.5 Å². The van der Waals surface area contributed by atoms with Gasteiger partial charge in [0, 0.05) is 19.4 Å². The Hall–Kier alpha value is -2.09. The number of likely N-dealkylation sites (tertiary alicyclic amines) is 1. The van der Waals surface area contributed by atoms with Gasteiger partial charge in [-0.1, -0.05) is 12.2 Å². The first kappa shape index (κ1) is 12.4. The molecule has 3 N–H and O–H groups in total. The molecule has 1 aromatic rings.